The standard InChI is InChI=1S/C47H37N3/c1-46(2)37-17-8-6-15-32(37)33-22-21-29(27-40(33)46)50(45-44-42-34(23-26-48-44)30-13-4-5-14-31(30)36(42)28-49-45)41-20-12-19-39-43(41)35-16-7-9-18-38(35)47(39)24-10-3-11-25-47/h4-9,12-23,26-28H,3,10-11,24-25H2,1-2H3. The highest BCUT2D eigenvalue weighted by molar-refractivity contribution is 6.17. The van der Waals surface area contributed by atoms with Gasteiger partial charge in [-0.1, -0.05) is 124 Å². The third-order valence-electron chi connectivity index (χ3n) is 12.5. The van der Waals surface area contributed by atoms with Crippen LogP contribution in [0.3, 0.4) is 0 Å². The van der Waals surface area contributed by atoms with Gasteiger partial charge >= 0.3 is 0 Å². The first kappa shape index (κ1) is 28.3. The van der Waals surface area contributed by atoms with E-state index in [-0.39, 0.29) is 10.8 Å². The van der Waals surface area contributed by atoms with Crippen LogP contribution in [-0.4, -0.2) is 9.97 Å². The molecule has 1 spiro atoms. The van der Waals surface area contributed by atoms with Gasteiger partial charge < -0.3 is 0 Å². The number of fused-ring (bicyclic) bond motifs is 11. The lowest BCUT2D eigenvalue weighted by Gasteiger charge is -2.36. The Bertz CT molecular complexity index is 2540. The van der Waals surface area contributed by atoms with Crippen molar-refractivity contribution < 1.29 is 0 Å². The van der Waals surface area contributed by atoms with Crippen LogP contribution in [0.2, 0.25) is 0 Å². The second kappa shape index (κ2) is 10.0. The third kappa shape index (κ3) is 3.55. The summed E-state index contributed by atoms with van der Waals surface area (Å²) in [7, 11) is 0. The van der Waals surface area contributed by atoms with Crippen LogP contribution in [0.4, 0.5) is 17.2 Å². The molecule has 0 atom stereocenters. The van der Waals surface area contributed by atoms with E-state index in [0.717, 1.165) is 22.6 Å². The summed E-state index contributed by atoms with van der Waals surface area (Å²) >= 11 is 0. The van der Waals surface area contributed by atoms with Gasteiger partial charge in [0.1, 0.15) is 5.52 Å². The highest BCUT2D eigenvalue weighted by atomic mass is 15.2. The van der Waals surface area contributed by atoms with Gasteiger partial charge in [0.2, 0.25) is 0 Å². The quantitative estimate of drug-likeness (QED) is 0.192. The number of pyridine rings is 2. The number of nitrogens with zero attached hydrogens (tertiary/aromatic N) is 3. The number of aromatic nitrogens is 2. The SMILES string of the molecule is CC1(C)c2ccccc2-c2ccc(N(c3cccc4c3-c3ccccc3C43CCCCC3)c3ncc4c5c(ccnc35)-c3ccccc3-4)cc21. The molecule has 0 N–H and O–H groups in total. The molecule has 0 unspecified atom stereocenters. The summed E-state index contributed by atoms with van der Waals surface area (Å²) in [5, 5.41) is 1.19. The molecule has 3 heteroatoms. The van der Waals surface area contributed by atoms with Crippen molar-refractivity contribution in [1.82, 2.24) is 9.97 Å². The lowest BCUT2D eigenvalue weighted by atomic mass is 9.68. The van der Waals surface area contributed by atoms with E-state index < -0.39 is 0 Å². The minimum absolute atomic E-state index is 0.0583. The van der Waals surface area contributed by atoms with Crippen LogP contribution >= 0.6 is 0 Å². The van der Waals surface area contributed by atoms with Crippen LogP contribution in [0.1, 0.15) is 68.2 Å². The zero-order valence-electron chi connectivity index (χ0n) is 28.5. The van der Waals surface area contributed by atoms with E-state index in [4.69, 9.17) is 9.97 Å². The number of rotatable bonds is 3. The van der Waals surface area contributed by atoms with Gasteiger partial charge in [-0.15, -0.1) is 0 Å². The molecule has 2 heterocycles. The lowest BCUT2D eigenvalue weighted by molar-refractivity contribution is 0.353. The zero-order chi connectivity index (χ0) is 33.2. The molecule has 2 aromatic heterocycles. The van der Waals surface area contributed by atoms with Gasteiger partial charge in [0.05, 0.1) is 5.69 Å². The summed E-state index contributed by atoms with van der Waals surface area (Å²) in [6.45, 7) is 4.73. The first-order valence-corrected chi connectivity index (χ1v) is 18.2. The lowest BCUT2D eigenvalue weighted by Crippen LogP contribution is -2.28. The van der Waals surface area contributed by atoms with Crippen molar-refractivity contribution >= 4 is 28.1 Å². The van der Waals surface area contributed by atoms with E-state index >= 15 is 0 Å². The van der Waals surface area contributed by atoms with E-state index in [0.29, 0.717) is 0 Å². The fourth-order valence-corrected chi connectivity index (χ4v) is 10.3. The number of hydrogen-bond acceptors (Lipinski definition) is 3. The van der Waals surface area contributed by atoms with E-state index in [9.17, 15) is 0 Å². The number of benzene rings is 5. The van der Waals surface area contributed by atoms with Gasteiger partial charge in [-0.2, -0.15) is 0 Å². The first-order valence-electron chi connectivity index (χ1n) is 18.2. The Labute approximate surface area is 293 Å². The molecule has 50 heavy (non-hydrogen) atoms. The van der Waals surface area contributed by atoms with Crippen molar-refractivity contribution in [3.05, 3.63) is 150 Å². The predicted molar refractivity (Wildman–Crippen MR) is 206 cm³/mol. The maximum atomic E-state index is 5.38. The smallest absolute Gasteiger partial charge is 0.164 e. The highest BCUT2D eigenvalue weighted by Gasteiger charge is 2.45. The van der Waals surface area contributed by atoms with Gasteiger partial charge in [0.25, 0.3) is 0 Å². The van der Waals surface area contributed by atoms with Crippen LogP contribution in [0.15, 0.2) is 128 Å². The molecule has 1 saturated carbocycles. The Morgan fingerprint density at radius 1 is 0.540 bits per heavy atom. The fraction of sp³-hybridized carbons (Fsp3) is 0.191. The molecule has 0 saturated heterocycles. The summed E-state index contributed by atoms with van der Waals surface area (Å²) in [5.74, 6) is 0.877. The second-order valence-corrected chi connectivity index (χ2v) is 15.2. The molecule has 5 aromatic carbocycles. The van der Waals surface area contributed by atoms with E-state index in [1.54, 1.807) is 0 Å². The van der Waals surface area contributed by atoms with Gasteiger partial charge in [-0.3, -0.25) is 9.88 Å². The van der Waals surface area contributed by atoms with E-state index in [1.807, 2.05) is 6.20 Å². The van der Waals surface area contributed by atoms with Crippen molar-refractivity contribution in [3.63, 3.8) is 0 Å². The van der Waals surface area contributed by atoms with E-state index in [2.05, 4.69) is 140 Å². The molecule has 0 amide bonds. The van der Waals surface area contributed by atoms with Gasteiger partial charge in [-0.25, -0.2) is 4.98 Å². The zero-order valence-corrected chi connectivity index (χ0v) is 28.5. The average Bonchev–Trinajstić information content (AvgIpc) is 3.72. The van der Waals surface area contributed by atoms with Gasteiger partial charge in [0.15, 0.2) is 5.82 Å². The first-order chi connectivity index (χ1) is 24.6. The highest BCUT2D eigenvalue weighted by Crippen LogP contribution is 2.60. The van der Waals surface area contributed by atoms with Crippen LogP contribution in [0.25, 0.3) is 55.4 Å². The minimum Gasteiger partial charge on any atom is -0.293 e. The Morgan fingerprint density at radius 2 is 1.22 bits per heavy atom. The summed E-state index contributed by atoms with van der Waals surface area (Å²) in [4.78, 5) is 13.0. The van der Waals surface area contributed by atoms with Crippen LogP contribution in [-0.2, 0) is 10.8 Å². The van der Waals surface area contributed by atoms with Crippen molar-refractivity contribution in [3.8, 4) is 44.5 Å². The number of hydrogen-bond donors (Lipinski definition) is 0. The molecule has 0 radical (unpaired) electrons. The molecule has 0 bridgehead atoms. The molecular formula is C47H37N3. The van der Waals surface area contributed by atoms with Gasteiger partial charge in [-0.05, 0) is 92.7 Å². The van der Waals surface area contributed by atoms with Gasteiger partial charge in [0, 0.05) is 45.4 Å². The van der Waals surface area contributed by atoms with Crippen molar-refractivity contribution in [2.45, 2.75) is 56.8 Å². The summed E-state index contributed by atoms with van der Waals surface area (Å²) in [6.07, 6.45) is 10.3. The Kier molecular flexibility index (Phi) is 5.67. The normalized spacial score (nSPS) is 16.5. The maximum absolute atomic E-state index is 5.38. The summed E-state index contributed by atoms with van der Waals surface area (Å²) in [6, 6.07) is 43.1. The third-order valence-corrected chi connectivity index (χ3v) is 12.5. The molecule has 4 aliphatic carbocycles. The van der Waals surface area contributed by atoms with Crippen molar-refractivity contribution in [2.75, 3.05) is 4.90 Å². The van der Waals surface area contributed by atoms with Crippen molar-refractivity contribution in [1.29, 1.82) is 0 Å². The molecule has 4 aliphatic rings. The summed E-state index contributed by atoms with van der Waals surface area (Å²) in [5.41, 5.74) is 19.1. The Hall–Kier alpha value is -5.54. The Balaban J connectivity index is 1.21. The maximum Gasteiger partial charge on any atom is 0.164 e. The van der Waals surface area contributed by atoms with Crippen molar-refractivity contribution in [2.24, 2.45) is 0 Å². The average molecular weight is 644 g/mol. The molecule has 1 fully saturated rings. The molecule has 3 nitrogen and oxygen atoms in total. The van der Waals surface area contributed by atoms with Crippen LogP contribution in [0, 0.1) is 0 Å². The Morgan fingerprint density at radius 3 is 2.04 bits per heavy atom. The molecule has 0 aliphatic heterocycles. The minimum atomic E-state index is -0.125. The number of anilines is 3. The molecule has 11 rings (SSSR count). The molecule has 240 valence electrons. The topological polar surface area (TPSA) is 29.0 Å². The molecular weight excluding hydrogens is 607 g/mol. The second-order valence-electron chi connectivity index (χ2n) is 15.2. The molecule has 7 aromatic rings. The largest absolute Gasteiger partial charge is 0.293 e. The monoisotopic (exact) mass is 643 g/mol. The van der Waals surface area contributed by atoms with Crippen LogP contribution in [0.5, 0.6) is 0 Å². The predicted octanol–water partition coefficient (Wildman–Crippen LogP) is 12.3. The summed E-state index contributed by atoms with van der Waals surface area (Å²) < 4.78 is 0. The fourth-order valence-electron chi connectivity index (χ4n) is 10.3. The van der Waals surface area contributed by atoms with Crippen LogP contribution < -0.4 is 4.90 Å². The van der Waals surface area contributed by atoms with E-state index in [1.165, 1.54) is 104 Å².